The molecule has 1 aromatic rings. The van der Waals surface area contributed by atoms with Crippen LogP contribution in [0.2, 0.25) is 0 Å². The number of anilines is 1. The summed E-state index contributed by atoms with van der Waals surface area (Å²) in [7, 11) is 0. The smallest absolute Gasteiger partial charge is 0.433 e. The van der Waals surface area contributed by atoms with Crippen LogP contribution in [0.5, 0.6) is 5.88 Å². The van der Waals surface area contributed by atoms with Crippen LogP contribution in [0.4, 0.5) is 19.1 Å². The van der Waals surface area contributed by atoms with Gasteiger partial charge in [0.2, 0.25) is 11.8 Å². The van der Waals surface area contributed by atoms with Crippen molar-refractivity contribution in [2.45, 2.75) is 32.9 Å². The van der Waals surface area contributed by atoms with Gasteiger partial charge in [0, 0.05) is 19.2 Å². The summed E-state index contributed by atoms with van der Waals surface area (Å²) in [6.07, 6.45) is -2.58. The van der Waals surface area contributed by atoms with Gasteiger partial charge in [-0.2, -0.15) is 18.2 Å². The van der Waals surface area contributed by atoms with E-state index >= 15 is 0 Å². The summed E-state index contributed by atoms with van der Waals surface area (Å²) in [5.41, 5.74) is -1.03. The molecule has 120 valence electrons. The Hall–Kier alpha value is -1.57. The highest BCUT2D eigenvalue weighted by molar-refractivity contribution is 5.31. The van der Waals surface area contributed by atoms with Crippen LogP contribution in [0.25, 0.3) is 0 Å². The van der Waals surface area contributed by atoms with Crippen molar-refractivity contribution in [1.82, 2.24) is 9.97 Å². The zero-order chi connectivity index (χ0) is 15.7. The SMILES string of the molecule is CCCCOCCOc1cc(C(F)(F)F)nc(NCC)n1. The number of halogens is 3. The molecule has 0 aliphatic rings. The predicted molar refractivity (Wildman–Crippen MR) is 72.4 cm³/mol. The number of unbranched alkanes of at least 4 members (excludes halogenated alkanes) is 1. The summed E-state index contributed by atoms with van der Waals surface area (Å²) in [5.74, 6) is -0.221. The van der Waals surface area contributed by atoms with Gasteiger partial charge in [-0.3, -0.25) is 0 Å². The van der Waals surface area contributed by atoms with Gasteiger partial charge in [-0.05, 0) is 13.3 Å². The molecule has 1 heterocycles. The molecule has 1 rings (SSSR count). The minimum Gasteiger partial charge on any atom is -0.475 e. The Morgan fingerprint density at radius 1 is 1.14 bits per heavy atom. The lowest BCUT2D eigenvalue weighted by molar-refractivity contribution is -0.141. The molecule has 21 heavy (non-hydrogen) atoms. The van der Waals surface area contributed by atoms with Crippen molar-refractivity contribution in [1.29, 1.82) is 0 Å². The lowest BCUT2D eigenvalue weighted by atomic mass is 10.4. The topological polar surface area (TPSA) is 56.3 Å². The van der Waals surface area contributed by atoms with Crippen LogP contribution in [0, 0.1) is 0 Å². The number of hydrogen-bond acceptors (Lipinski definition) is 5. The maximum atomic E-state index is 12.7. The molecule has 0 radical (unpaired) electrons. The molecule has 0 bridgehead atoms. The molecule has 0 aliphatic heterocycles. The average Bonchev–Trinajstić information content (AvgIpc) is 2.42. The molecule has 5 nitrogen and oxygen atoms in total. The van der Waals surface area contributed by atoms with Gasteiger partial charge in [-0.15, -0.1) is 0 Å². The summed E-state index contributed by atoms with van der Waals surface area (Å²) in [6.45, 7) is 5.26. The van der Waals surface area contributed by atoms with Crippen LogP contribution in [0.3, 0.4) is 0 Å². The number of nitrogens with one attached hydrogen (secondary N) is 1. The van der Waals surface area contributed by atoms with Crippen LogP contribution in [0.1, 0.15) is 32.4 Å². The second kappa shape index (κ2) is 8.66. The van der Waals surface area contributed by atoms with Crippen LogP contribution in [0.15, 0.2) is 6.07 Å². The third kappa shape index (κ3) is 6.61. The molecule has 0 aromatic carbocycles. The predicted octanol–water partition coefficient (Wildman–Crippen LogP) is 3.12. The number of nitrogens with zero attached hydrogens (tertiary/aromatic N) is 2. The number of aromatic nitrogens is 2. The zero-order valence-corrected chi connectivity index (χ0v) is 12.2. The van der Waals surface area contributed by atoms with Crippen molar-refractivity contribution in [2.24, 2.45) is 0 Å². The minimum absolute atomic E-state index is 0.103. The summed E-state index contributed by atoms with van der Waals surface area (Å²) in [4.78, 5) is 7.28. The Balaban J connectivity index is 2.61. The highest BCUT2D eigenvalue weighted by Gasteiger charge is 2.34. The lowest BCUT2D eigenvalue weighted by Crippen LogP contribution is -2.14. The Morgan fingerprint density at radius 2 is 1.90 bits per heavy atom. The first-order valence-electron chi connectivity index (χ1n) is 6.88. The number of alkyl halides is 3. The second-order valence-corrected chi connectivity index (χ2v) is 4.26. The minimum atomic E-state index is -4.54. The zero-order valence-electron chi connectivity index (χ0n) is 12.2. The van der Waals surface area contributed by atoms with Crippen molar-refractivity contribution in [3.05, 3.63) is 11.8 Å². The third-order valence-corrected chi connectivity index (χ3v) is 2.45. The van der Waals surface area contributed by atoms with E-state index in [0.717, 1.165) is 18.9 Å². The molecule has 0 fully saturated rings. The van der Waals surface area contributed by atoms with E-state index < -0.39 is 11.9 Å². The molecule has 0 amide bonds. The van der Waals surface area contributed by atoms with Crippen LogP contribution >= 0.6 is 0 Å². The van der Waals surface area contributed by atoms with Gasteiger partial charge in [0.1, 0.15) is 6.61 Å². The van der Waals surface area contributed by atoms with Crippen LogP contribution in [-0.2, 0) is 10.9 Å². The lowest BCUT2D eigenvalue weighted by Gasteiger charge is -2.11. The Bertz CT molecular complexity index is 428. The van der Waals surface area contributed by atoms with Gasteiger partial charge < -0.3 is 14.8 Å². The van der Waals surface area contributed by atoms with Crippen molar-refractivity contribution in [3.8, 4) is 5.88 Å². The molecule has 0 spiro atoms. The molecular weight excluding hydrogens is 287 g/mol. The number of ether oxygens (including phenoxy) is 2. The van der Waals surface area contributed by atoms with Crippen molar-refractivity contribution >= 4 is 5.95 Å². The second-order valence-electron chi connectivity index (χ2n) is 4.26. The maximum absolute atomic E-state index is 12.7. The van der Waals surface area contributed by atoms with E-state index in [4.69, 9.17) is 9.47 Å². The quantitative estimate of drug-likeness (QED) is 0.710. The Morgan fingerprint density at radius 3 is 2.52 bits per heavy atom. The van der Waals surface area contributed by atoms with Gasteiger partial charge in [0.05, 0.1) is 6.61 Å². The molecule has 0 saturated carbocycles. The molecule has 8 heteroatoms. The highest BCUT2D eigenvalue weighted by Crippen LogP contribution is 2.30. The first-order chi connectivity index (χ1) is 9.97. The van der Waals surface area contributed by atoms with E-state index in [-0.39, 0.29) is 18.4 Å². The van der Waals surface area contributed by atoms with Gasteiger partial charge in [-0.1, -0.05) is 13.3 Å². The van der Waals surface area contributed by atoms with Crippen LogP contribution < -0.4 is 10.1 Å². The molecule has 0 aliphatic carbocycles. The van der Waals surface area contributed by atoms with Gasteiger partial charge in [-0.25, -0.2) is 4.98 Å². The first-order valence-corrected chi connectivity index (χ1v) is 6.88. The van der Waals surface area contributed by atoms with E-state index in [0.29, 0.717) is 19.8 Å². The molecule has 0 atom stereocenters. The molecular formula is C13H20F3N3O2. The van der Waals surface area contributed by atoms with E-state index in [1.54, 1.807) is 6.92 Å². The Labute approximate surface area is 121 Å². The molecule has 0 unspecified atom stereocenters. The van der Waals surface area contributed by atoms with Crippen molar-refractivity contribution in [2.75, 3.05) is 31.7 Å². The summed E-state index contributed by atoms with van der Waals surface area (Å²) < 4.78 is 48.6. The number of hydrogen-bond donors (Lipinski definition) is 1. The van der Waals surface area contributed by atoms with Crippen LogP contribution in [-0.4, -0.2) is 36.3 Å². The molecule has 0 saturated heterocycles. The summed E-state index contributed by atoms with van der Waals surface area (Å²) in [5, 5.41) is 2.65. The largest absolute Gasteiger partial charge is 0.475 e. The van der Waals surface area contributed by atoms with E-state index in [2.05, 4.69) is 15.3 Å². The highest BCUT2D eigenvalue weighted by atomic mass is 19.4. The molecule has 1 N–H and O–H groups in total. The third-order valence-electron chi connectivity index (χ3n) is 2.45. The fourth-order valence-electron chi connectivity index (χ4n) is 1.43. The van der Waals surface area contributed by atoms with Gasteiger partial charge >= 0.3 is 6.18 Å². The fraction of sp³-hybridized carbons (Fsp3) is 0.692. The van der Waals surface area contributed by atoms with E-state index in [9.17, 15) is 13.2 Å². The fourth-order valence-corrected chi connectivity index (χ4v) is 1.43. The van der Waals surface area contributed by atoms with E-state index in [1.165, 1.54) is 0 Å². The van der Waals surface area contributed by atoms with Crippen molar-refractivity contribution in [3.63, 3.8) is 0 Å². The number of rotatable bonds is 9. The average molecular weight is 307 g/mol. The summed E-state index contributed by atoms with van der Waals surface area (Å²) >= 11 is 0. The van der Waals surface area contributed by atoms with Gasteiger partial charge in [0.15, 0.2) is 5.69 Å². The van der Waals surface area contributed by atoms with Gasteiger partial charge in [0.25, 0.3) is 0 Å². The molecule has 1 aromatic heterocycles. The normalized spacial score (nSPS) is 11.5. The summed E-state index contributed by atoms with van der Waals surface area (Å²) in [6, 6.07) is 0.785. The first kappa shape index (κ1) is 17.5. The monoisotopic (exact) mass is 307 g/mol. The van der Waals surface area contributed by atoms with E-state index in [1.807, 2.05) is 6.92 Å². The van der Waals surface area contributed by atoms with Crippen molar-refractivity contribution < 1.29 is 22.6 Å². The maximum Gasteiger partial charge on any atom is 0.433 e. The standard InChI is InChI=1S/C13H20F3N3O2/c1-3-5-6-20-7-8-21-11-9-10(13(14,15)16)18-12(19-11)17-4-2/h9H,3-8H2,1-2H3,(H,17,18,19). The Kier molecular flexibility index (Phi) is 7.21.